The summed E-state index contributed by atoms with van der Waals surface area (Å²) in [5.74, 6) is -0.742. The number of nitrogens with zero attached hydrogens (tertiary/aromatic N) is 4. The Bertz CT molecular complexity index is 776. The SMILES string of the molecule is CC(NS(=O)(=O)c1cc(C(=O)O)n(C)c1)c1nncn1C. The molecular weight excluding hydrogens is 298 g/mol. The van der Waals surface area contributed by atoms with Gasteiger partial charge in [-0.3, -0.25) is 0 Å². The van der Waals surface area contributed by atoms with Crippen LogP contribution in [0.25, 0.3) is 0 Å². The normalized spacial score (nSPS) is 13.3. The number of hydrogen-bond donors (Lipinski definition) is 2. The Kier molecular flexibility index (Phi) is 3.83. The van der Waals surface area contributed by atoms with Gasteiger partial charge in [0.1, 0.15) is 22.7 Å². The molecule has 1 atom stereocenters. The summed E-state index contributed by atoms with van der Waals surface area (Å²) < 4.78 is 29.8. The predicted octanol–water partition coefficient (Wildman–Crippen LogP) is -0.109. The van der Waals surface area contributed by atoms with E-state index < -0.39 is 22.0 Å². The molecule has 0 aliphatic rings. The second kappa shape index (κ2) is 5.30. The molecule has 0 saturated carbocycles. The molecule has 0 spiro atoms. The summed E-state index contributed by atoms with van der Waals surface area (Å²) in [7, 11) is -0.686. The molecule has 2 heterocycles. The van der Waals surface area contributed by atoms with Crippen LogP contribution >= 0.6 is 0 Å². The Morgan fingerprint density at radius 3 is 2.52 bits per heavy atom. The van der Waals surface area contributed by atoms with E-state index in [9.17, 15) is 13.2 Å². The number of sulfonamides is 1. The van der Waals surface area contributed by atoms with Crippen molar-refractivity contribution in [3.63, 3.8) is 0 Å². The monoisotopic (exact) mass is 313 g/mol. The number of carboxylic acid groups (broad SMARTS) is 1. The van der Waals surface area contributed by atoms with Crippen molar-refractivity contribution >= 4 is 16.0 Å². The highest BCUT2D eigenvalue weighted by Crippen LogP contribution is 2.17. The van der Waals surface area contributed by atoms with Crippen molar-refractivity contribution in [2.24, 2.45) is 14.1 Å². The Morgan fingerprint density at radius 1 is 1.38 bits per heavy atom. The minimum Gasteiger partial charge on any atom is -0.477 e. The van der Waals surface area contributed by atoms with E-state index in [1.807, 2.05) is 0 Å². The van der Waals surface area contributed by atoms with Crippen LogP contribution in [0, 0.1) is 0 Å². The van der Waals surface area contributed by atoms with E-state index in [0.29, 0.717) is 5.82 Å². The molecule has 0 bridgehead atoms. The highest BCUT2D eigenvalue weighted by molar-refractivity contribution is 7.89. The number of carbonyl (C=O) groups is 1. The second-order valence-electron chi connectivity index (χ2n) is 4.62. The van der Waals surface area contributed by atoms with Crippen molar-refractivity contribution in [2.75, 3.05) is 0 Å². The van der Waals surface area contributed by atoms with E-state index in [-0.39, 0.29) is 10.6 Å². The Hall–Kier alpha value is -2.20. The first-order valence-corrected chi connectivity index (χ1v) is 7.46. The zero-order valence-corrected chi connectivity index (χ0v) is 12.5. The van der Waals surface area contributed by atoms with Crippen molar-refractivity contribution in [3.05, 3.63) is 30.1 Å². The van der Waals surface area contributed by atoms with Gasteiger partial charge in [-0.1, -0.05) is 0 Å². The number of aryl methyl sites for hydroxylation is 2. The molecule has 0 radical (unpaired) electrons. The fraction of sp³-hybridized carbons (Fsp3) is 0.364. The van der Waals surface area contributed by atoms with Crippen LogP contribution < -0.4 is 4.72 Å². The van der Waals surface area contributed by atoms with Gasteiger partial charge in [-0.05, 0) is 13.0 Å². The van der Waals surface area contributed by atoms with Crippen LogP contribution in [0.2, 0.25) is 0 Å². The van der Waals surface area contributed by atoms with Crippen molar-refractivity contribution < 1.29 is 18.3 Å². The molecule has 0 aliphatic heterocycles. The number of aromatic nitrogens is 4. The van der Waals surface area contributed by atoms with E-state index in [2.05, 4.69) is 14.9 Å². The maximum Gasteiger partial charge on any atom is 0.352 e. The molecule has 9 nitrogen and oxygen atoms in total. The largest absolute Gasteiger partial charge is 0.477 e. The topological polar surface area (TPSA) is 119 Å². The lowest BCUT2D eigenvalue weighted by atomic mass is 10.3. The van der Waals surface area contributed by atoms with Crippen LogP contribution in [0.3, 0.4) is 0 Å². The van der Waals surface area contributed by atoms with Crippen LogP contribution in [0.5, 0.6) is 0 Å². The first-order valence-electron chi connectivity index (χ1n) is 5.98. The Labute approximate surface area is 121 Å². The molecule has 2 aromatic heterocycles. The van der Waals surface area contributed by atoms with Gasteiger partial charge in [0.05, 0.1) is 6.04 Å². The third-order valence-corrected chi connectivity index (χ3v) is 4.48. The molecule has 2 N–H and O–H groups in total. The van der Waals surface area contributed by atoms with Gasteiger partial charge in [-0.2, -0.15) is 0 Å². The summed E-state index contributed by atoms with van der Waals surface area (Å²) in [5, 5.41) is 16.5. The Morgan fingerprint density at radius 2 is 2.05 bits per heavy atom. The van der Waals surface area contributed by atoms with Crippen LogP contribution in [0.4, 0.5) is 0 Å². The second-order valence-corrected chi connectivity index (χ2v) is 6.33. The number of hydrogen-bond acceptors (Lipinski definition) is 5. The lowest BCUT2D eigenvalue weighted by Gasteiger charge is -2.12. The fourth-order valence-electron chi connectivity index (χ4n) is 1.93. The molecule has 1 unspecified atom stereocenters. The molecule has 2 rings (SSSR count). The maximum absolute atomic E-state index is 12.3. The van der Waals surface area contributed by atoms with Crippen LogP contribution in [0.15, 0.2) is 23.5 Å². The van der Waals surface area contributed by atoms with Gasteiger partial charge in [-0.25, -0.2) is 17.9 Å². The number of carboxylic acids is 1. The van der Waals surface area contributed by atoms with Gasteiger partial charge in [-0.15, -0.1) is 10.2 Å². The van der Waals surface area contributed by atoms with Gasteiger partial charge in [0.2, 0.25) is 10.0 Å². The van der Waals surface area contributed by atoms with Crippen molar-refractivity contribution in [1.82, 2.24) is 24.1 Å². The quantitative estimate of drug-likeness (QED) is 0.795. The van der Waals surface area contributed by atoms with Gasteiger partial charge < -0.3 is 14.2 Å². The van der Waals surface area contributed by atoms with Gasteiger partial charge in [0.25, 0.3) is 0 Å². The van der Waals surface area contributed by atoms with E-state index in [4.69, 9.17) is 5.11 Å². The lowest BCUT2D eigenvalue weighted by Crippen LogP contribution is -2.28. The smallest absolute Gasteiger partial charge is 0.352 e. The third kappa shape index (κ3) is 2.95. The number of rotatable bonds is 5. The summed E-state index contributed by atoms with van der Waals surface area (Å²) in [6, 6.07) is 0.504. The van der Waals surface area contributed by atoms with Crippen LogP contribution in [0.1, 0.15) is 29.3 Å². The first kappa shape index (κ1) is 15.2. The van der Waals surface area contributed by atoms with Crippen molar-refractivity contribution in [1.29, 1.82) is 0 Å². The third-order valence-electron chi connectivity index (χ3n) is 2.97. The highest BCUT2D eigenvalue weighted by Gasteiger charge is 2.24. The lowest BCUT2D eigenvalue weighted by molar-refractivity contribution is 0.0686. The fourth-order valence-corrected chi connectivity index (χ4v) is 3.20. The van der Waals surface area contributed by atoms with Crippen molar-refractivity contribution in [3.8, 4) is 0 Å². The van der Waals surface area contributed by atoms with Gasteiger partial charge in [0, 0.05) is 20.3 Å². The zero-order valence-electron chi connectivity index (χ0n) is 11.7. The summed E-state index contributed by atoms with van der Waals surface area (Å²) in [5.41, 5.74) is -0.110. The molecule has 114 valence electrons. The van der Waals surface area contributed by atoms with E-state index >= 15 is 0 Å². The van der Waals surface area contributed by atoms with Crippen molar-refractivity contribution in [2.45, 2.75) is 17.9 Å². The zero-order chi connectivity index (χ0) is 15.8. The molecule has 0 amide bonds. The predicted molar refractivity (Wildman–Crippen MR) is 72.1 cm³/mol. The van der Waals surface area contributed by atoms with Crippen LogP contribution in [-0.4, -0.2) is 38.8 Å². The molecule has 0 fully saturated rings. The summed E-state index contributed by atoms with van der Waals surface area (Å²) in [4.78, 5) is 10.8. The summed E-state index contributed by atoms with van der Waals surface area (Å²) >= 11 is 0. The summed E-state index contributed by atoms with van der Waals surface area (Å²) in [6.07, 6.45) is 2.71. The number of nitrogens with one attached hydrogen (secondary N) is 1. The number of aromatic carboxylic acids is 1. The van der Waals surface area contributed by atoms with Gasteiger partial charge in [0.15, 0.2) is 0 Å². The Balaban J connectivity index is 2.29. The van der Waals surface area contributed by atoms with Crippen LogP contribution in [-0.2, 0) is 24.1 Å². The minimum atomic E-state index is -3.85. The maximum atomic E-state index is 12.3. The summed E-state index contributed by atoms with van der Waals surface area (Å²) in [6.45, 7) is 1.63. The molecule has 0 aliphatic carbocycles. The van der Waals surface area contributed by atoms with E-state index in [0.717, 1.165) is 6.07 Å². The van der Waals surface area contributed by atoms with E-state index in [1.165, 1.54) is 24.1 Å². The minimum absolute atomic E-state index is 0.110. The molecule has 21 heavy (non-hydrogen) atoms. The molecule has 10 heteroatoms. The standard InChI is InChI=1S/C11H15N5O4S/c1-7(10-13-12-6-16(10)3)14-21(19,20)8-4-9(11(17)18)15(2)5-8/h4-7,14H,1-3H3,(H,17,18). The molecular formula is C11H15N5O4S. The first-order chi connectivity index (χ1) is 9.72. The molecule has 0 saturated heterocycles. The molecule has 0 aromatic carbocycles. The average Bonchev–Trinajstić information content (AvgIpc) is 2.94. The molecule has 2 aromatic rings. The van der Waals surface area contributed by atoms with E-state index in [1.54, 1.807) is 18.5 Å². The highest BCUT2D eigenvalue weighted by atomic mass is 32.2. The average molecular weight is 313 g/mol. The van der Waals surface area contributed by atoms with Gasteiger partial charge >= 0.3 is 5.97 Å².